The van der Waals surface area contributed by atoms with Crippen LogP contribution in [0.15, 0.2) is 54.6 Å². The van der Waals surface area contributed by atoms with Crippen LogP contribution in [0.1, 0.15) is 24.1 Å². The number of hydrogen-bond donors (Lipinski definition) is 1. The number of carbonyl (C=O) groups excluding carboxylic acids is 2. The Morgan fingerprint density at radius 1 is 1.11 bits per heavy atom. The number of morpholine rings is 1. The molecule has 2 saturated heterocycles. The molecular weight excluding hydrogens is 344 g/mol. The van der Waals surface area contributed by atoms with Crippen LogP contribution in [0.5, 0.6) is 5.75 Å². The quantitative estimate of drug-likeness (QED) is 0.899. The van der Waals surface area contributed by atoms with E-state index in [9.17, 15) is 9.59 Å². The number of nitrogens with one attached hydrogen (secondary N) is 1. The number of fused-ring (bicyclic) bond motifs is 1. The minimum atomic E-state index is -0.665. The minimum absolute atomic E-state index is 0.0643. The second kappa shape index (κ2) is 7.40. The van der Waals surface area contributed by atoms with E-state index in [1.165, 1.54) is 0 Å². The van der Waals surface area contributed by atoms with Gasteiger partial charge in [0.2, 0.25) is 5.91 Å². The van der Waals surface area contributed by atoms with Crippen molar-refractivity contribution in [1.82, 2.24) is 10.2 Å². The highest BCUT2D eigenvalue weighted by Crippen LogP contribution is 2.26. The van der Waals surface area contributed by atoms with Crippen molar-refractivity contribution < 1.29 is 19.1 Å². The number of nitrogens with zero attached hydrogens (tertiary/aromatic N) is 1. The smallest absolute Gasteiger partial charge is 0.250 e. The van der Waals surface area contributed by atoms with Crippen LogP contribution in [-0.4, -0.2) is 42.0 Å². The third kappa shape index (κ3) is 3.66. The lowest BCUT2D eigenvalue weighted by Gasteiger charge is -2.43. The van der Waals surface area contributed by atoms with Crippen molar-refractivity contribution in [1.29, 1.82) is 0 Å². The highest BCUT2D eigenvalue weighted by molar-refractivity contribution is 5.97. The summed E-state index contributed by atoms with van der Waals surface area (Å²) in [5.41, 5.74) is 1.83. The summed E-state index contributed by atoms with van der Waals surface area (Å²) in [6.45, 7) is 3.07. The van der Waals surface area contributed by atoms with Gasteiger partial charge in [-0.1, -0.05) is 42.5 Å². The van der Waals surface area contributed by atoms with E-state index in [-0.39, 0.29) is 24.5 Å². The van der Waals surface area contributed by atoms with E-state index in [1.54, 1.807) is 4.90 Å². The van der Waals surface area contributed by atoms with Crippen molar-refractivity contribution in [3.63, 3.8) is 0 Å². The zero-order chi connectivity index (χ0) is 18.8. The summed E-state index contributed by atoms with van der Waals surface area (Å²) in [6, 6.07) is 16.0. The molecule has 6 heteroatoms. The van der Waals surface area contributed by atoms with Crippen LogP contribution in [0, 0.1) is 0 Å². The van der Waals surface area contributed by atoms with E-state index in [0.29, 0.717) is 13.2 Å². The first kappa shape index (κ1) is 17.5. The molecule has 0 spiro atoms. The maximum Gasteiger partial charge on any atom is 0.250 e. The van der Waals surface area contributed by atoms with Crippen LogP contribution in [0.4, 0.5) is 0 Å². The van der Waals surface area contributed by atoms with E-state index in [1.807, 2.05) is 61.5 Å². The van der Waals surface area contributed by atoms with Crippen LogP contribution in [0.3, 0.4) is 0 Å². The number of benzene rings is 2. The number of amides is 2. The lowest BCUT2D eigenvalue weighted by atomic mass is 9.99. The van der Waals surface area contributed by atoms with E-state index in [2.05, 4.69) is 5.32 Å². The molecule has 2 aliphatic rings. The Morgan fingerprint density at radius 2 is 1.85 bits per heavy atom. The fourth-order valence-corrected chi connectivity index (χ4v) is 3.45. The molecule has 2 aromatic rings. The summed E-state index contributed by atoms with van der Waals surface area (Å²) in [7, 11) is 0. The zero-order valence-corrected chi connectivity index (χ0v) is 15.1. The molecule has 0 saturated carbocycles. The Kier molecular flexibility index (Phi) is 4.81. The van der Waals surface area contributed by atoms with Gasteiger partial charge < -0.3 is 19.7 Å². The molecule has 1 N–H and O–H groups in total. The van der Waals surface area contributed by atoms with Gasteiger partial charge in [0.15, 0.2) is 0 Å². The summed E-state index contributed by atoms with van der Waals surface area (Å²) >= 11 is 0. The Hall–Kier alpha value is -2.86. The third-order valence-electron chi connectivity index (χ3n) is 4.95. The van der Waals surface area contributed by atoms with Gasteiger partial charge in [0.1, 0.15) is 24.4 Å². The van der Waals surface area contributed by atoms with Gasteiger partial charge in [-0.15, -0.1) is 0 Å². The summed E-state index contributed by atoms with van der Waals surface area (Å²) < 4.78 is 11.3. The van der Waals surface area contributed by atoms with E-state index in [4.69, 9.17) is 9.47 Å². The molecule has 0 bridgehead atoms. The molecule has 6 nitrogen and oxygen atoms in total. The number of ether oxygens (including phenoxy) is 2. The highest BCUT2D eigenvalue weighted by Gasteiger charge is 2.44. The van der Waals surface area contributed by atoms with Crippen LogP contribution in [-0.2, 0) is 20.9 Å². The van der Waals surface area contributed by atoms with Crippen molar-refractivity contribution >= 4 is 11.8 Å². The lowest BCUT2D eigenvalue weighted by molar-refractivity contribution is -0.162. The molecule has 1 unspecified atom stereocenters. The molecule has 4 rings (SSSR count). The molecule has 0 aliphatic carbocycles. The first-order chi connectivity index (χ1) is 13.1. The summed E-state index contributed by atoms with van der Waals surface area (Å²) in [5, 5.41) is 2.82. The number of carbonyl (C=O) groups is 2. The molecule has 2 aromatic carbocycles. The average Bonchev–Trinajstić information content (AvgIpc) is 2.70. The minimum Gasteiger partial charge on any atom is -0.489 e. The molecule has 3 atom stereocenters. The normalized spacial score (nSPS) is 24.9. The maximum absolute atomic E-state index is 12.9. The molecule has 2 amide bonds. The van der Waals surface area contributed by atoms with Gasteiger partial charge in [-0.2, -0.15) is 0 Å². The molecule has 140 valence electrons. The second-order valence-corrected chi connectivity index (χ2v) is 6.94. The molecule has 0 radical (unpaired) electrons. The predicted octanol–water partition coefficient (Wildman–Crippen LogP) is 2.05. The SMILES string of the molecule is C[C@H]1CN2C(=O)C(c3ccc(OCc4ccccc4)cc3)NC(=O)[C@@H]2CO1. The second-order valence-electron chi connectivity index (χ2n) is 6.94. The van der Waals surface area contributed by atoms with Gasteiger partial charge in [-0.3, -0.25) is 9.59 Å². The van der Waals surface area contributed by atoms with Gasteiger partial charge in [0, 0.05) is 6.54 Å². The van der Waals surface area contributed by atoms with Crippen LogP contribution in [0.2, 0.25) is 0 Å². The number of hydrogen-bond acceptors (Lipinski definition) is 4. The standard InChI is InChI=1S/C21H22N2O4/c1-14-11-23-18(13-26-14)20(24)22-19(21(23)25)16-7-9-17(10-8-16)27-12-15-5-3-2-4-6-15/h2-10,14,18-19H,11-13H2,1H3,(H,22,24)/t14-,18-,19?/m0/s1. The van der Waals surface area contributed by atoms with Crippen molar-refractivity contribution in [2.24, 2.45) is 0 Å². The van der Waals surface area contributed by atoms with Crippen molar-refractivity contribution in [2.75, 3.05) is 13.2 Å². The first-order valence-corrected chi connectivity index (χ1v) is 9.11. The van der Waals surface area contributed by atoms with Gasteiger partial charge in [0.25, 0.3) is 5.91 Å². The molecule has 27 heavy (non-hydrogen) atoms. The van der Waals surface area contributed by atoms with Gasteiger partial charge in [-0.25, -0.2) is 0 Å². The van der Waals surface area contributed by atoms with Crippen LogP contribution in [0.25, 0.3) is 0 Å². The topological polar surface area (TPSA) is 67.9 Å². The third-order valence-corrected chi connectivity index (χ3v) is 4.95. The van der Waals surface area contributed by atoms with E-state index < -0.39 is 12.1 Å². The largest absolute Gasteiger partial charge is 0.489 e. The summed E-state index contributed by atoms with van der Waals surface area (Å²) in [4.78, 5) is 26.9. The monoisotopic (exact) mass is 366 g/mol. The molecule has 0 aromatic heterocycles. The van der Waals surface area contributed by atoms with Crippen molar-refractivity contribution in [3.8, 4) is 5.75 Å². The van der Waals surface area contributed by atoms with Crippen LogP contribution < -0.4 is 10.1 Å². The Bertz CT molecular complexity index is 822. The Labute approximate surface area is 158 Å². The van der Waals surface area contributed by atoms with E-state index in [0.717, 1.165) is 16.9 Å². The zero-order valence-electron chi connectivity index (χ0n) is 15.1. The average molecular weight is 366 g/mol. The van der Waals surface area contributed by atoms with Gasteiger partial charge >= 0.3 is 0 Å². The van der Waals surface area contributed by atoms with E-state index >= 15 is 0 Å². The molecule has 2 aliphatic heterocycles. The first-order valence-electron chi connectivity index (χ1n) is 9.11. The lowest BCUT2D eigenvalue weighted by Crippen LogP contribution is -2.64. The predicted molar refractivity (Wildman–Crippen MR) is 99.0 cm³/mol. The number of piperazine rings is 1. The van der Waals surface area contributed by atoms with Gasteiger partial charge in [-0.05, 0) is 30.2 Å². The maximum atomic E-state index is 12.9. The fourth-order valence-electron chi connectivity index (χ4n) is 3.45. The summed E-state index contributed by atoms with van der Waals surface area (Å²) in [5.74, 6) is 0.457. The summed E-state index contributed by atoms with van der Waals surface area (Å²) in [6.07, 6.45) is -0.0643. The number of rotatable bonds is 4. The van der Waals surface area contributed by atoms with Gasteiger partial charge in [0.05, 0.1) is 12.7 Å². The molecular formula is C21H22N2O4. The molecule has 2 fully saturated rings. The Balaban J connectivity index is 1.45. The molecule has 2 heterocycles. The van der Waals surface area contributed by atoms with Crippen molar-refractivity contribution in [3.05, 3.63) is 65.7 Å². The fraction of sp³-hybridized carbons (Fsp3) is 0.333. The Morgan fingerprint density at radius 3 is 2.59 bits per heavy atom. The highest BCUT2D eigenvalue weighted by atomic mass is 16.5. The van der Waals surface area contributed by atoms with Crippen molar-refractivity contribution in [2.45, 2.75) is 31.7 Å². The van der Waals surface area contributed by atoms with Crippen LogP contribution >= 0.6 is 0 Å².